The minimum Gasteiger partial charge on any atom is -0.368 e. The highest BCUT2D eigenvalue weighted by Crippen LogP contribution is 2.21. The van der Waals surface area contributed by atoms with Crippen LogP contribution in [0.15, 0.2) is 21.3 Å². The lowest BCUT2D eigenvalue weighted by atomic mass is 10.2. The molecule has 4 nitrogen and oxygen atoms in total. The summed E-state index contributed by atoms with van der Waals surface area (Å²) in [5.41, 5.74) is 6.11. The molecule has 1 rings (SSSR count). The Balaban J connectivity index is 2.70. The van der Waals surface area contributed by atoms with E-state index >= 15 is 0 Å². The molecule has 2 N–H and O–H groups in total. The van der Waals surface area contributed by atoms with Crippen molar-refractivity contribution in [1.82, 2.24) is 4.90 Å². The average Bonchev–Trinajstić information content (AvgIpc) is 2.70. The summed E-state index contributed by atoms with van der Waals surface area (Å²) in [5.74, 6) is -0.414. The lowest BCUT2D eigenvalue weighted by Gasteiger charge is -2.21. The van der Waals surface area contributed by atoms with Gasteiger partial charge in [0.15, 0.2) is 0 Å². The third-order valence-electron chi connectivity index (χ3n) is 2.25. The van der Waals surface area contributed by atoms with Crippen molar-refractivity contribution in [2.24, 2.45) is 11.7 Å². The average molecular weight is 345 g/mol. The van der Waals surface area contributed by atoms with Crippen molar-refractivity contribution in [3.8, 4) is 0 Å². The third-order valence-corrected chi connectivity index (χ3v) is 3.77. The smallest absolute Gasteiger partial charge is 0.247 e. The topological polar surface area (TPSA) is 63.4 Å². The molecule has 0 radical (unpaired) electrons. The highest BCUT2D eigenvalue weighted by atomic mass is 79.9. The first kappa shape index (κ1) is 15.9. The molecule has 0 unspecified atom stereocenters. The van der Waals surface area contributed by atoms with Crippen molar-refractivity contribution in [3.63, 3.8) is 0 Å². The number of amides is 2. The molecular formula is C13H17BrN2O2S. The first-order chi connectivity index (χ1) is 8.88. The van der Waals surface area contributed by atoms with Crippen molar-refractivity contribution >= 4 is 45.2 Å². The van der Waals surface area contributed by atoms with Crippen molar-refractivity contribution < 1.29 is 9.59 Å². The van der Waals surface area contributed by atoms with E-state index in [1.54, 1.807) is 17.4 Å². The molecule has 0 aliphatic carbocycles. The molecule has 0 aliphatic heterocycles. The second kappa shape index (κ2) is 7.45. The Kier molecular flexibility index (Phi) is 6.24. The number of nitrogens with two attached hydrogens (primary N) is 1. The zero-order chi connectivity index (χ0) is 14.4. The number of carbonyl (C=O) groups is 2. The van der Waals surface area contributed by atoms with E-state index in [-0.39, 0.29) is 18.4 Å². The number of thiophene rings is 1. The van der Waals surface area contributed by atoms with E-state index in [0.29, 0.717) is 6.54 Å². The predicted molar refractivity (Wildman–Crippen MR) is 81.7 cm³/mol. The van der Waals surface area contributed by atoms with E-state index in [9.17, 15) is 9.59 Å². The fraction of sp³-hybridized carbons (Fsp3) is 0.385. The lowest BCUT2D eigenvalue weighted by Crippen LogP contribution is -2.39. The summed E-state index contributed by atoms with van der Waals surface area (Å²) >= 11 is 4.91. The molecule has 0 saturated heterocycles. The number of rotatable bonds is 6. The Morgan fingerprint density at radius 1 is 1.53 bits per heavy atom. The Bertz CT molecular complexity index is 483. The first-order valence-electron chi connectivity index (χ1n) is 5.88. The Morgan fingerprint density at radius 2 is 2.21 bits per heavy atom. The lowest BCUT2D eigenvalue weighted by molar-refractivity contribution is -0.131. The van der Waals surface area contributed by atoms with Crippen molar-refractivity contribution in [1.29, 1.82) is 0 Å². The molecule has 2 amide bonds. The maximum atomic E-state index is 12.0. The van der Waals surface area contributed by atoms with Crippen LogP contribution in [0.1, 0.15) is 19.4 Å². The van der Waals surface area contributed by atoms with Crippen LogP contribution in [-0.4, -0.2) is 29.8 Å². The molecule has 104 valence electrons. The minimum absolute atomic E-state index is 0.0469. The predicted octanol–water partition coefficient (Wildman–Crippen LogP) is 2.49. The zero-order valence-corrected chi connectivity index (χ0v) is 13.3. The molecule has 0 aromatic carbocycles. The van der Waals surface area contributed by atoms with Crippen LogP contribution in [0.5, 0.6) is 0 Å². The van der Waals surface area contributed by atoms with E-state index in [2.05, 4.69) is 15.9 Å². The van der Waals surface area contributed by atoms with Gasteiger partial charge in [-0.2, -0.15) is 0 Å². The van der Waals surface area contributed by atoms with Gasteiger partial charge in [-0.25, -0.2) is 0 Å². The normalized spacial score (nSPS) is 11.2. The van der Waals surface area contributed by atoms with E-state index in [0.717, 1.165) is 9.35 Å². The van der Waals surface area contributed by atoms with Gasteiger partial charge in [-0.15, -0.1) is 11.3 Å². The summed E-state index contributed by atoms with van der Waals surface area (Å²) < 4.78 is 1.01. The molecule has 0 saturated carbocycles. The van der Waals surface area contributed by atoms with Crippen LogP contribution in [0, 0.1) is 5.92 Å². The SMILES string of the molecule is CC(C)CN(CC(N)=O)C(=O)C=Cc1csc(Br)c1. The molecule has 1 heterocycles. The number of hydrogen-bond donors (Lipinski definition) is 1. The second-order valence-electron chi connectivity index (χ2n) is 4.60. The van der Waals surface area contributed by atoms with Gasteiger partial charge in [-0.1, -0.05) is 13.8 Å². The largest absolute Gasteiger partial charge is 0.368 e. The summed E-state index contributed by atoms with van der Waals surface area (Å²) in [6.07, 6.45) is 3.21. The van der Waals surface area contributed by atoms with Gasteiger partial charge in [0.25, 0.3) is 0 Å². The van der Waals surface area contributed by atoms with Crippen LogP contribution >= 0.6 is 27.3 Å². The summed E-state index contributed by atoms with van der Waals surface area (Å²) in [4.78, 5) is 24.5. The summed E-state index contributed by atoms with van der Waals surface area (Å²) in [5, 5.41) is 1.94. The van der Waals surface area contributed by atoms with Gasteiger partial charge in [-0.3, -0.25) is 9.59 Å². The van der Waals surface area contributed by atoms with Gasteiger partial charge in [-0.05, 0) is 44.9 Å². The molecule has 0 bridgehead atoms. The van der Waals surface area contributed by atoms with Crippen LogP contribution in [0.25, 0.3) is 6.08 Å². The van der Waals surface area contributed by atoms with E-state index in [1.807, 2.05) is 25.3 Å². The van der Waals surface area contributed by atoms with Crippen molar-refractivity contribution in [3.05, 3.63) is 26.9 Å². The fourth-order valence-corrected chi connectivity index (χ4v) is 2.69. The number of primary amides is 1. The number of hydrogen-bond acceptors (Lipinski definition) is 3. The van der Waals surface area contributed by atoms with Gasteiger partial charge in [0.1, 0.15) is 0 Å². The van der Waals surface area contributed by atoms with Crippen LogP contribution in [-0.2, 0) is 9.59 Å². The molecule has 1 aromatic rings. The standard InChI is InChI=1S/C13H17BrN2O2S/c1-9(2)6-16(7-12(15)17)13(18)4-3-10-5-11(14)19-8-10/h3-5,8-9H,6-7H2,1-2H3,(H2,15,17). The maximum Gasteiger partial charge on any atom is 0.247 e. The van der Waals surface area contributed by atoms with Gasteiger partial charge in [0, 0.05) is 12.6 Å². The Labute approximate surface area is 125 Å². The summed E-state index contributed by atoms with van der Waals surface area (Å²) in [6.45, 7) is 4.44. The van der Waals surface area contributed by atoms with Crippen molar-refractivity contribution in [2.75, 3.05) is 13.1 Å². The summed E-state index contributed by atoms with van der Waals surface area (Å²) in [7, 11) is 0. The summed E-state index contributed by atoms with van der Waals surface area (Å²) in [6, 6.07) is 1.93. The van der Waals surface area contributed by atoms with E-state index < -0.39 is 5.91 Å². The molecule has 19 heavy (non-hydrogen) atoms. The van der Waals surface area contributed by atoms with E-state index in [4.69, 9.17) is 5.73 Å². The molecular weight excluding hydrogens is 328 g/mol. The fourth-order valence-electron chi connectivity index (χ4n) is 1.55. The van der Waals surface area contributed by atoms with Gasteiger partial charge in [0.2, 0.25) is 11.8 Å². The quantitative estimate of drug-likeness (QED) is 0.805. The second-order valence-corrected chi connectivity index (χ2v) is 6.89. The minimum atomic E-state index is -0.499. The third kappa shape index (κ3) is 6.02. The highest BCUT2D eigenvalue weighted by Gasteiger charge is 2.14. The van der Waals surface area contributed by atoms with Crippen LogP contribution in [0.4, 0.5) is 0 Å². The van der Waals surface area contributed by atoms with Gasteiger partial charge >= 0.3 is 0 Å². The van der Waals surface area contributed by atoms with Gasteiger partial charge in [0.05, 0.1) is 10.3 Å². The number of nitrogens with zero attached hydrogens (tertiary/aromatic N) is 1. The van der Waals surface area contributed by atoms with Crippen LogP contribution < -0.4 is 5.73 Å². The maximum absolute atomic E-state index is 12.0. The van der Waals surface area contributed by atoms with Crippen LogP contribution in [0.2, 0.25) is 0 Å². The molecule has 6 heteroatoms. The number of carbonyl (C=O) groups excluding carboxylic acids is 2. The Hall–Kier alpha value is -1.14. The van der Waals surface area contributed by atoms with Crippen LogP contribution in [0.3, 0.4) is 0 Å². The molecule has 0 aliphatic rings. The molecule has 0 spiro atoms. The van der Waals surface area contributed by atoms with Crippen molar-refractivity contribution in [2.45, 2.75) is 13.8 Å². The highest BCUT2D eigenvalue weighted by molar-refractivity contribution is 9.11. The number of halogens is 1. The van der Waals surface area contributed by atoms with E-state index in [1.165, 1.54) is 11.0 Å². The first-order valence-corrected chi connectivity index (χ1v) is 7.55. The zero-order valence-electron chi connectivity index (χ0n) is 10.9. The van der Waals surface area contributed by atoms with Gasteiger partial charge < -0.3 is 10.6 Å². The molecule has 0 atom stereocenters. The molecule has 1 aromatic heterocycles. The Morgan fingerprint density at radius 3 is 2.68 bits per heavy atom. The molecule has 0 fully saturated rings. The monoisotopic (exact) mass is 344 g/mol.